The van der Waals surface area contributed by atoms with Gasteiger partial charge in [-0.05, 0) is 5.92 Å². The van der Waals surface area contributed by atoms with Crippen molar-refractivity contribution in [2.75, 3.05) is 49.8 Å². The Morgan fingerprint density at radius 1 is 1.43 bits per heavy atom. The minimum Gasteiger partial charge on any atom is -0.383 e. The largest absolute Gasteiger partial charge is 0.383 e. The van der Waals surface area contributed by atoms with E-state index >= 15 is 0 Å². The van der Waals surface area contributed by atoms with E-state index in [-0.39, 0.29) is 0 Å². The van der Waals surface area contributed by atoms with Crippen LogP contribution in [-0.4, -0.2) is 54.0 Å². The molecule has 0 atom stereocenters. The number of nitrogens with zero attached hydrogens (tertiary/aromatic N) is 2. The Hall–Kier alpha value is -0.500. The summed E-state index contributed by atoms with van der Waals surface area (Å²) < 4.78 is 16.5. The van der Waals surface area contributed by atoms with Crippen molar-refractivity contribution in [3.05, 3.63) is 10.6 Å². The normalized spacial score (nSPS) is 16.9. The van der Waals surface area contributed by atoms with Gasteiger partial charge in [0.25, 0.3) is 0 Å². The number of ether oxygens (including phenoxy) is 1. The second-order valence-corrected chi connectivity index (χ2v) is 8.22. The Morgan fingerprint density at radius 3 is 2.76 bits per heavy atom. The SMILES string of the molecule is COCCNCc1sc(N2CCS(=O)CC2)nc1C(C)C. The Kier molecular flexibility index (Phi) is 6.60. The quantitative estimate of drug-likeness (QED) is 0.769. The van der Waals surface area contributed by atoms with Crippen LogP contribution in [0, 0.1) is 0 Å². The smallest absolute Gasteiger partial charge is 0.185 e. The van der Waals surface area contributed by atoms with Gasteiger partial charge in [-0.2, -0.15) is 0 Å². The number of aromatic nitrogens is 1. The fourth-order valence-corrected chi connectivity index (χ4v) is 4.56. The highest BCUT2D eigenvalue weighted by Crippen LogP contribution is 2.31. The molecular formula is C14H25N3O2S2. The van der Waals surface area contributed by atoms with Gasteiger partial charge in [0.05, 0.1) is 12.3 Å². The highest BCUT2D eigenvalue weighted by molar-refractivity contribution is 7.85. The monoisotopic (exact) mass is 331 g/mol. The predicted molar refractivity (Wildman–Crippen MR) is 89.9 cm³/mol. The van der Waals surface area contributed by atoms with E-state index in [1.807, 2.05) is 0 Å². The molecule has 2 heterocycles. The number of anilines is 1. The zero-order valence-electron chi connectivity index (χ0n) is 13.1. The summed E-state index contributed by atoms with van der Waals surface area (Å²) in [5.74, 6) is 1.95. The van der Waals surface area contributed by atoms with Gasteiger partial charge in [0, 0.05) is 60.5 Å². The third-order valence-corrected chi connectivity index (χ3v) is 5.89. The minimum absolute atomic E-state index is 0.424. The molecule has 0 radical (unpaired) electrons. The Labute approximate surface area is 133 Å². The summed E-state index contributed by atoms with van der Waals surface area (Å²) in [4.78, 5) is 8.41. The van der Waals surface area contributed by atoms with Crippen LogP contribution in [-0.2, 0) is 22.1 Å². The van der Waals surface area contributed by atoms with Crippen LogP contribution in [0.3, 0.4) is 0 Å². The van der Waals surface area contributed by atoms with Gasteiger partial charge in [0.15, 0.2) is 5.13 Å². The van der Waals surface area contributed by atoms with Gasteiger partial charge in [0.2, 0.25) is 0 Å². The third kappa shape index (κ3) is 4.74. The molecule has 0 aliphatic carbocycles. The number of thiazole rings is 1. The van der Waals surface area contributed by atoms with Gasteiger partial charge in [-0.15, -0.1) is 11.3 Å². The summed E-state index contributed by atoms with van der Waals surface area (Å²) in [5.41, 5.74) is 1.19. The van der Waals surface area contributed by atoms with Crippen molar-refractivity contribution in [2.45, 2.75) is 26.3 Å². The first kappa shape index (κ1) is 16.9. The molecule has 1 aliphatic heterocycles. The lowest BCUT2D eigenvalue weighted by atomic mass is 10.1. The molecule has 120 valence electrons. The molecule has 5 nitrogen and oxygen atoms in total. The van der Waals surface area contributed by atoms with Crippen LogP contribution in [0.1, 0.15) is 30.3 Å². The minimum atomic E-state index is -0.640. The third-order valence-electron chi connectivity index (χ3n) is 3.48. The molecule has 1 N–H and O–H groups in total. The number of hydrogen-bond acceptors (Lipinski definition) is 6. The molecule has 1 aliphatic rings. The summed E-state index contributed by atoms with van der Waals surface area (Å²) >= 11 is 1.77. The van der Waals surface area contributed by atoms with Crippen molar-refractivity contribution < 1.29 is 8.95 Å². The molecule has 0 aromatic carbocycles. The maximum absolute atomic E-state index is 11.5. The number of rotatable bonds is 7. The maximum Gasteiger partial charge on any atom is 0.185 e. The van der Waals surface area contributed by atoms with E-state index in [1.54, 1.807) is 18.4 Å². The molecule has 1 aromatic rings. The standard InChI is InChI=1S/C14H25N3O2S2/c1-11(2)13-12(10-15-4-7-19-3)20-14(16-13)17-5-8-21(18)9-6-17/h11,15H,4-10H2,1-3H3. The van der Waals surface area contributed by atoms with Crippen LogP contribution in [0.4, 0.5) is 5.13 Å². The number of methoxy groups -OCH3 is 1. The van der Waals surface area contributed by atoms with Crippen LogP contribution in [0.15, 0.2) is 0 Å². The van der Waals surface area contributed by atoms with Gasteiger partial charge < -0.3 is 15.0 Å². The van der Waals surface area contributed by atoms with E-state index in [1.165, 1.54) is 10.6 Å². The summed E-state index contributed by atoms with van der Waals surface area (Å²) in [6.07, 6.45) is 0. The first-order chi connectivity index (χ1) is 10.1. The second-order valence-electron chi connectivity index (χ2n) is 5.46. The van der Waals surface area contributed by atoms with Gasteiger partial charge >= 0.3 is 0 Å². The van der Waals surface area contributed by atoms with E-state index in [0.29, 0.717) is 5.92 Å². The average Bonchev–Trinajstić information content (AvgIpc) is 2.89. The highest BCUT2D eigenvalue weighted by Gasteiger charge is 2.21. The van der Waals surface area contributed by atoms with Crippen molar-refractivity contribution in [3.63, 3.8) is 0 Å². The zero-order chi connectivity index (χ0) is 15.2. The van der Waals surface area contributed by atoms with E-state index in [9.17, 15) is 4.21 Å². The fraction of sp³-hybridized carbons (Fsp3) is 0.786. The van der Waals surface area contributed by atoms with E-state index < -0.39 is 10.8 Å². The van der Waals surface area contributed by atoms with Crippen LogP contribution in [0.5, 0.6) is 0 Å². The molecular weight excluding hydrogens is 306 g/mol. The zero-order valence-corrected chi connectivity index (χ0v) is 14.7. The molecule has 7 heteroatoms. The van der Waals surface area contributed by atoms with Crippen molar-refractivity contribution in [1.29, 1.82) is 0 Å². The lowest BCUT2D eigenvalue weighted by Gasteiger charge is -2.25. The molecule has 0 bridgehead atoms. The van der Waals surface area contributed by atoms with E-state index in [0.717, 1.165) is 49.4 Å². The van der Waals surface area contributed by atoms with Crippen LogP contribution in [0.25, 0.3) is 0 Å². The molecule has 0 amide bonds. The van der Waals surface area contributed by atoms with Crippen LogP contribution in [0.2, 0.25) is 0 Å². The van der Waals surface area contributed by atoms with Crippen LogP contribution >= 0.6 is 11.3 Å². The average molecular weight is 332 g/mol. The van der Waals surface area contributed by atoms with E-state index in [4.69, 9.17) is 9.72 Å². The van der Waals surface area contributed by atoms with Crippen LogP contribution < -0.4 is 10.2 Å². The molecule has 2 rings (SSSR count). The van der Waals surface area contributed by atoms with Crippen molar-refractivity contribution in [3.8, 4) is 0 Å². The highest BCUT2D eigenvalue weighted by atomic mass is 32.2. The first-order valence-electron chi connectivity index (χ1n) is 7.41. The summed E-state index contributed by atoms with van der Waals surface area (Å²) in [7, 11) is 1.07. The van der Waals surface area contributed by atoms with Gasteiger partial charge in [0.1, 0.15) is 0 Å². The maximum atomic E-state index is 11.5. The van der Waals surface area contributed by atoms with Gasteiger partial charge in [-0.1, -0.05) is 13.8 Å². The lowest BCUT2D eigenvalue weighted by Crippen LogP contribution is -2.37. The Balaban J connectivity index is 2.03. The number of hydrogen-bond donors (Lipinski definition) is 1. The Bertz CT molecular complexity index is 467. The molecule has 1 fully saturated rings. The van der Waals surface area contributed by atoms with E-state index in [2.05, 4.69) is 24.1 Å². The van der Waals surface area contributed by atoms with Gasteiger partial charge in [-0.3, -0.25) is 4.21 Å². The molecule has 0 spiro atoms. The summed E-state index contributed by atoms with van der Waals surface area (Å²) in [6, 6.07) is 0. The number of nitrogens with one attached hydrogen (secondary N) is 1. The fourth-order valence-electron chi connectivity index (χ4n) is 2.27. The Morgan fingerprint density at radius 2 is 2.14 bits per heavy atom. The first-order valence-corrected chi connectivity index (χ1v) is 9.71. The lowest BCUT2D eigenvalue weighted by molar-refractivity contribution is 0.199. The molecule has 0 unspecified atom stereocenters. The van der Waals surface area contributed by atoms with Crippen molar-refractivity contribution in [2.24, 2.45) is 0 Å². The molecule has 21 heavy (non-hydrogen) atoms. The van der Waals surface area contributed by atoms with Crippen molar-refractivity contribution >= 4 is 27.3 Å². The molecule has 0 saturated carbocycles. The molecule has 1 aromatic heterocycles. The predicted octanol–water partition coefficient (Wildman–Crippen LogP) is 1.57. The molecule has 1 saturated heterocycles. The second kappa shape index (κ2) is 8.22. The topological polar surface area (TPSA) is 54.5 Å². The summed E-state index contributed by atoms with van der Waals surface area (Å²) in [6.45, 7) is 8.49. The summed E-state index contributed by atoms with van der Waals surface area (Å²) in [5, 5.41) is 4.48. The van der Waals surface area contributed by atoms with Gasteiger partial charge in [-0.25, -0.2) is 4.98 Å². The van der Waals surface area contributed by atoms with Crippen molar-refractivity contribution in [1.82, 2.24) is 10.3 Å².